The van der Waals surface area contributed by atoms with Crippen LogP contribution in [0.3, 0.4) is 0 Å². The lowest BCUT2D eigenvalue weighted by Gasteiger charge is -2.37. The molecule has 0 atom stereocenters. The second kappa shape index (κ2) is 9.79. The van der Waals surface area contributed by atoms with Gasteiger partial charge in [0.15, 0.2) is 5.82 Å². The summed E-state index contributed by atoms with van der Waals surface area (Å²) in [5.41, 5.74) is 1.41. The Morgan fingerprint density at radius 2 is 1.81 bits per heavy atom. The fraction of sp³-hybridized carbons (Fsp3) is 0.423. The zero-order valence-electron chi connectivity index (χ0n) is 21.2. The molecule has 1 fully saturated rings. The molecular formula is C26H31N5O5S. The van der Waals surface area contributed by atoms with Crippen LogP contribution in [-0.4, -0.2) is 55.0 Å². The summed E-state index contributed by atoms with van der Waals surface area (Å²) in [5.74, 6) is 0.942. The van der Waals surface area contributed by atoms with Crippen LogP contribution in [0.4, 0.5) is 11.5 Å². The standard InChI is InChI=1S/C26H31N5O5S/c1-26(2,3)22-16-23(29-36-22)28-24(32)20-15-21-25(27-17-20)35-14-13-31(21)37(33,34)30-11-9-19(10-12-30)18-7-5-4-6-8-18/h4-8,15-17,19H,9-14H2,1-3H3,(H,28,29,32). The number of piperidine rings is 1. The normalized spacial score (nSPS) is 17.2. The van der Waals surface area contributed by atoms with E-state index in [4.69, 9.17) is 9.26 Å². The van der Waals surface area contributed by atoms with Gasteiger partial charge in [-0.25, -0.2) is 9.29 Å². The van der Waals surface area contributed by atoms with Crippen LogP contribution in [0.15, 0.2) is 53.2 Å². The van der Waals surface area contributed by atoms with E-state index in [-0.39, 0.29) is 41.5 Å². The molecule has 11 heteroatoms. The van der Waals surface area contributed by atoms with Crippen molar-refractivity contribution in [2.24, 2.45) is 0 Å². The number of ether oxygens (including phenoxy) is 1. The summed E-state index contributed by atoms with van der Waals surface area (Å²) < 4.78 is 41.1. The van der Waals surface area contributed by atoms with Crippen LogP contribution in [0, 0.1) is 0 Å². The van der Waals surface area contributed by atoms with Crippen LogP contribution in [0.1, 0.15) is 61.2 Å². The van der Waals surface area contributed by atoms with Gasteiger partial charge >= 0.3 is 10.2 Å². The molecule has 0 spiro atoms. The molecule has 0 radical (unpaired) electrons. The number of rotatable bonds is 5. The van der Waals surface area contributed by atoms with Gasteiger partial charge in [-0.15, -0.1) is 0 Å². The van der Waals surface area contributed by atoms with E-state index >= 15 is 0 Å². The Kier molecular flexibility index (Phi) is 6.67. The molecule has 2 aromatic heterocycles. The molecule has 196 valence electrons. The Morgan fingerprint density at radius 3 is 2.49 bits per heavy atom. The number of nitrogens with zero attached hydrogens (tertiary/aromatic N) is 4. The Morgan fingerprint density at radius 1 is 1.08 bits per heavy atom. The predicted molar refractivity (Wildman–Crippen MR) is 139 cm³/mol. The summed E-state index contributed by atoms with van der Waals surface area (Å²) >= 11 is 0. The van der Waals surface area contributed by atoms with Gasteiger partial charge in [0, 0.05) is 30.8 Å². The minimum atomic E-state index is -3.83. The number of benzene rings is 1. The van der Waals surface area contributed by atoms with Crippen molar-refractivity contribution in [3.63, 3.8) is 0 Å². The molecule has 0 saturated carbocycles. The van der Waals surface area contributed by atoms with Crippen molar-refractivity contribution in [3.8, 4) is 5.88 Å². The fourth-order valence-corrected chi connectivity index (χ4v) is 6.24. The van der Waals surface area contributed by atoms with Crippen molar-refractivity contribution in [1.29, 1.82) is 0 Å². The fourth-order valence-electron chi connectivity index (χ4n) is 4.60. The largest absolute Gasteiger partial charge is 0.474 e. The average molecular weight is 526 g/mol. The molecule has 3 aromatic rings. The SMILES string of the molecule is CC(C)(C)c1cc(NC(=O)c2cnc3c(c2)N(S(=O)(=O)N2CCC(c4ccccc4)CC2)CCO3)no1. The van der Waals surface area contributed by atoms with Crippen LogP contribution >= 0.6 is 0 Å². The molecule has 0 unspecified atom stereocenters. The quantitative estimate of drug-likeness (QED) is 0.536. The Bertz CT molecular complexity index is 1380. The van der Waals surface area contributed by atoms with E-state index < -0.39 is 16.1 Å². The third-order valence-corrected chi connectivity index (χ3v) is 8.67. The Balaban J connectivity index is 1.33. The third-order valence-electron chi connectivity index (χ3n) is 6.72. The first kappa shape index (κ1) is 25.2. The summed E-state index contributed by atoms with van der Waals surface area (Å²) in [6.45, 7) is 7.09. The van der Waals surface area contributed by atoms with E-state index in [0.29, 0.717) is 24.8 Å². The van der Waals surface area contributed by atoms with Gasteiger partial charge in [0.05, 0.1) is 12.1 Å². The van der Waals surface area contributed by atoms with E-state index in [1.54, 1.807) is 6.07 Å². The molecule has 10 nitrogen and oxygen atoms in total. The molecule has 2 aliphatic rings. The maximum atomic E-state index is 13.7. The molecule has 37 heavy (non-hydrogen) atoms. The number of carbonyl (C=O) groups is 1. The molecule has 2 aliphatic heterocycles. The predicted octanol–water partition coefficient (Wildman–Crippen LogP) is 3.94. The molecule has 4 heterocycles. The second-order valence-corrected chi connectivity index (χ2v) is 12.2. The van der Waals surface area contributed by atoms with E-state index in [0.717, 1.165) is 12.8 Å². The Hall–Kier alpha value is -3.44. The summed E-state index contributed by atoms with van der Waals surface area (Å²) in [5, 5.41) is 6.61. The van der Waals surface area contributed by atoms with Crippen molar-refractivity contribution >= 4 is 27.6 Å². The van der Waals surface area contributed by atoms with Crippen molar-refractivity contribution in [2.75, 3.05) is 35.9 Å². The highest BCUT2D eigenvalue weighted by atomic mass is 32.2. The van der Waals surface area contributed by atoms with Crippen molar-refractivity contribution in [1.82, 2.24) is 14.4 Å². The van der Waals surface area contributed by atoms with Gasteiger partial charge in [0.1, 0.15) is 18.1 Å². The molecule has 1 saturated heterocycles. The van der Waals surface area contributed by atoms with Crippen molar-refractivity contribution in [2.45, 2.75) is 44.9 Å². The molecule has 1 aromatic carbocycles. The Labute approximate surface area is 216 Å². The van der Waals surface area contributed by atoms with E-state index in [9.17, 15) is 13.2 Å². The molecule has 1 N–H and O–H groups in total. The smallest absolute Gasteiger partial charge is 0.304 e. The van der Waals surface area contributed by atoms with Gasteiger partial charge in [-0.2, -0.15) is 12.7 Å². The number of pyridine rings is 1. The summed E-state index contributed by atoms with van der Waals surface area (Å²) in [6, 6.07) is 13.4. The lowest BCUT2D eigenvalue weighted by atomic mass is 9.90. The molecule has 0 bridgehead atoms. The van der Waals surface area contributed by atoms with Gasteiger partial charge in [0.25, 0.3) is 5.91 Å². The summed E-state index contributed by atoms with van der Waals surface area (Å²) in [4.78, 5) is 17.2. The van der Waals surface area contributed by atoms with Gasteiger partial charge in [-0.05, 0) is 30.4 Å². The first-order valence-corrected chi connectivity index (χ1v) is 13.8. The number of anilines is 2. The van der Waals surface area contributed by atoms with E-state index in [1.165, 1.54) is 26.4 Å². The number of aromatic nitrogens is 2. The number of nitrogens with one attached hydrogen (secondary N) is 1. The zero-order valence-corrected chi connectivity index (χ0v) is 22.0. The number of fused-ring (bicyclic) bond motifs is 1. The molecule has 1 amide bonds. The first-order valence-electron chi connectivity index (χ1n) is 12.4. The van der Waals surface area contributed by atoms with Crippen LogP contribution in [0.5, 0.6) is 5.88 Å². The second-order valence-electron chi connectivity index (χ2n) is 10.3. The van der Waals surface area contributed by atoms with Crippen LogP contribution in [0.25, 0.3) is 0 Å². The van der Waals surface area contributed by atoms with E-state index in [1.807, 2.05) is 39.0 Å². The van der Waals surface area contributed by atoms with Gasteiger partial charge in [-0.3, -0.25) is 4.79 Å². The van der Waals surface area contributed by atoms with Crippen LogP contribution in [0.2, 0.25) is 0 Å². The van der Waals surface area contributed by atoms with Crippen molar-refractivity contribution in [3.05, 3.63) is 65.5 Å². The minimum Gasteiger partial charge on any atom is -0.474 e. The highest BCUT2D eigenvalue weighted by Crippen LogP contribution is 2.36. The highest BCUT2D eigenvalue weighted by molar-refractivity contribution is 7.90. The maximum absolute atomic E-state index is 13.7. The molecule has 5 rings (SSSR count). The van der Waals surface area contributed by atoms with Crippen LogP contribution < -0.4 is 14.4 Å². The highest BCUT2D eigenvalue weighted by Gasteiger charge is 2.37. The van der Waals surface area contributed by atoms with Crippen LogP contribution in [-0.2, 0) is 15.6 Å². The lowest BCUT2D eigenvalue weighted by molar-refractivity contribution is 0.102. The van der Waals surface area contributed by atoms with Gasteiger partial charge < -0.3 is 14.6 Å². The van der Waals surface area contributed by atoms with Gasteiger partial charge in [-0.1, -0.05) is 56.3 Å². The molecular weight excluding hydrogens is 494 g/mol. The topological polar surface area (TPSA) is 118 Å². The number of hydrogen-bond donors (Lipinski definition) is 1. The zero-order chi connectivity index (χ0) is 26.2. The maximum Gasteiger partial charge on any atom is 0.304 e. The number of hydrogen-bond acceptors (Lipinski definition) is 7. The number of carbonyl (C=O) groups excluding carboxylic acids is 1. The van der Waals surface area contributed by atoms with Gasteiger partial charge in [0.2, 0.25) is 5.88 Å². The lowest BCUT2D eigenvalue weighted by Crippen LogP contribution is -2.49. The monoisotopic (exact) mass is 525 g/mol. The minimum absolute atomic E-state index is 0.138. The first-order chi connectivity index (χ1) is 17.6. The van der Waals surface area contributed by atoms with E-state index in [2.05, 4.69) is 27.6 Å². The summed E-state index contributed by atoms with van der Waals surface area (Å²) in [7, 11) is -3.83. The third kappa shape index (κ3) is 5.19. The number of amides is 1. The average Bonchev–Trinajstić information content (AvgIpc) is 3.38. The summed E-state index contributed by atoms with van der Waals surface area (Å²) in [6.07, 6.45) is 2.85. The molecule has 0 aliphatic carbocycles. The van der Waals surface area contributed by atoms with Crippen molar-refractivity contribution < 1.29 is 22.5 Å².